The fraction of sp³-hybridized carbons (Fsp3) is 0.333. The van der Waals surface area contributed by atoms with Crippen LogP contribution in [0, 0.1) is 11.6 Å². The minimum Gasteiger partial charge on any atom is -0.349 e. The van der Waals surface area contributed by atoms with Crippen LogP contribution in [0.15, 0.2) is 46.9 Å². The van der Waals surface area contributed by atoms with Crippen LogP contribution in [0.3, 0.4) is 0 Å². The van der Waals surface area contributed by atoms with Crippen molar-refractivity contribution in [1.29, 1.82) is 0 Å². The van der Waals surface area contributed by atoms with Crippen molar-refractivity contribution in [3.05, 3.63) is 69.7 Å². The van der Waals surface area contributed by atoms with Crippen molar-refractivity contribution >= 4 is 27.7 Å². The van der Waals surface area contributed by atoms with Crippen LogP contribution >= 0.6 is 15.9 Å². The van der Waals surface area contributed by atoms with E-state index >= 15 is 0 Å². The summed E-state index contributed by atoms with van der Waals surface area (Å²) in [5, 5.41) is 2.82. The van der Waals surface area contributed by atoms with Crippen LogP contribution in [0.25, 0.3) is 0 Å². The van der Waals surface area contributed by atoms with Gasteiger partial charge in [-0.1, -0.05) is 34.1 Å². The predicted molar refractivity (Wildman–Crippen MR) is 105 cm³/mol. The van der Waals surface area contributed by atoms with E-state index in [2.05, 4.69) is 21.2 Å². The monoisotopic (exact) mass is 450 g/mol. The fourth-order valence-corrected chi connectivity index (χ4v) is 3.39. The first kappa shape index (κ1) is 20.5. The number of halogens is 3. The lowest BCUT2D eigenvalue weighted by atomic mass is 10.0. The first-order chi connectivity index (χ1) is 13.3. The van der Waals surface area contributed by atoms with E-state index in [0.717, 1.165) is 28.9 Å². The summed E-state index contributed by atoms with van der Waals surface area (Å²) in [5.74, 6) is -1.72. The van der Waals surface area contributed by atoms with Crippen molar-refractivity contribution in [3.8, 4) is 0 Å². The maximum absolute atomic E-state index is 14.1. The van der Waals surface area contributed by atoms with Crippen LogP contribution in [0.5, 0.6) is 0 Å². The maximum Gasteiger partial charge on any atom is 0.225 e. The molecule has 0 aromatic heterocycles. The highest BCUT2D eigenvalue weighted by Gasteiger charge is 2.34. The zero-order valence-electron chi connectivity index (χ0n) is 15.4. The van der Waals surface area contributed by atoms with Crippen molar-refractivity contribution < 1.29 is 18.4 Å². The molecule has 0 bridgehead atoms. The van der Waals surface area contributed by atoms with Gasteiger partial charge in [-0.05, 0) is 36.6 Å². The summed E-state index contributed by atoms with van der Waals surface area (Å²) in [6.45, 7) is 1.49. The largest absolute Gasteiger partial charge is 0.349 e. The molecule has 148 valence electrons. The smallest absolute Gasteiger partial charge is 0.225 e. The Morgan fingerprint density at radius 1 is 1.18 bits per heavy atom. The Morgan fingerprint density at radius 2 is 1.86 bits per heavy atom. The predicted octanol–water partition coefficient (Wildman–Crippen LogP) is 4.49. The second kappa shape index (κ2) is 8.82. The van der Waals surface area contributed by atoms with Crippen molar-refractivity contribution in [2.75, 3.05) is 0 Å². The lowest BCUT2D eigenvalue weighted by Crippen LogP contribution is -2.37. The molecule has 0 spiro atoms. The van der Waals surface area contributed by atoms with Gasteiger partial charge in [0, 0.05) is 35.6 Å². The Labute approximate surface area is 171 Å². The minimum absolute atomic E-state index is 0.0554. The molecule has 2 aromatic rings. The van der Waals surface area contributed by atoms with Crippen molar-refractivity contribution in [1.82, 2.24) is 10.2 Å². The molecule has 0 radical (unpaired) electrons. The summed E-state index contributed by atoms with van der Waals surface area (Å²) >= 11 is 3.37. The first-order valence-electron chi connectivity index (χ1n) is 9.09. The molecule has 0 heterocycles. The van der Waals surface area contributed by atoms with E-state index in [4.69, 9.17) is 0 Å². The molecule has 2 amide bonds. The van der Waals surface area contributed by atoms with E-state index in [-0.39, 0.29) is 36.4 Å². The minimum atomic E-state index is -0.662. The molecule has 1 atom stereocenters. The van der Waals surface area contributed by atoms with Crippen LogP contribution in [0.2, 0.25) is 0 Å². The molecule has 2 aromatic carbocycles. The van der Waals surface area contributed by atoms with Crippen molar-refractivity contribution in [2.24, 2.45) is 0 Å². The molecular formula is C21H21BrF2N2O2. The highest BCUT2D eigenvalue weighted by molar-refractivity contribution is 9.10. The maximum atomic E-state index is 14.1. The molecule has 4 nitrogen and oxygen atoms in total. The van der Waals surface area contributed by atoms with E-state index in [9.17, 15) is 18.4 Å². The first-order valence-corrected chi connectivity index (χ1v) is 9.88. The van der Waals surface area contributed by atoms with E-state index in [1.54, 1.807) is 4.90 Å². The second-order valence-corrected chi connectivity index (χ2v) is 7.91. The van der Waals surface area contributed by atoms with Gasteiger partial charge in [0.15, 0.2) is 0 Å². The number of rotatable bonds is 7. The molecule has 0 aliphatic heterocycles. The molecule has 1 unspecified atom stereocenters. The quantitative estimate of drug-likeness (QED) is 0.675. The van der Waals surface area contributed by atoms with Gasteiger partial charge in [0.25, 0.3) is 0 Å². The molecule has 1 N–H and O–H groups in total. The van der Waals surface area contributed by atoms with E-state index in [0.29, 0.717) is 0 Å². The number of amides is 2. The van der Waals surface area contributed by atoms with Crippen LogP contribution < -0.4 is 5.32 Å². The van der Waals surface area contributed by atoms with Gasteiger partial charge in [-0.3, -0.25) is 9.59 Å². The number of nitrogens with one attached hydrogen (secondary N) is 1. The average molecular weight is 451 g/mol. The van der Waals surface area contributed by atoms with Crippen molar-refractivity contribution in [2.45, 2.75) is 44.8 Å². The molecule has 1 aliphatic carbocycles. The van der Waals surface area contributed by atoms with Gasteiger partial charge >= 0.3 is 0 Å². The number of benzene rings is 2. The summed E-state index contributed by atoms with van der Waals surface area (Å²) in [4.78, 5) is 26.3. The standard InChI is InChI=1S/C21H21BrF2N2O2/c1-13(27)25-20(14-2-5-16(22)6-3-14)11-21(28)26(18-8-9-18)12-15-4-7-17(23)10-19(15)24/h2-7,10,18,20H,8-9,11-12H2,1H3,(H,25,27). The molecule has 7 heteroatoms. The lowest BCUT2D eigenvalue weighted by molar-refractivity contribution is -0.133. The van der Waals surface area contributed by atoms with Crippen LogP contribution in [0.4, 0.5) is 8.78 Å². The Kier molecular flexibility index (Phi) is 6.44. The molecule has 1 aliphatic rings. The summed E-state index contributed by atoms with van der Waals surface area (Å²) in [6.07, 6.45) is 1.79. The zero-order chi connectivity index (χ0) is 20.3. The fourth-order valence-electron chi connectivity index (χ4n) is 3.13. The number of carbonyl (C=O) groups is 2. The van der Waals surface area contributed by atoms with E-state index < -0.39 is 17.7 Å². The third kappa shape index (κ3) is 5.38. The summed E-state index contributed by atoms with van der Waals surface area (Å²) in [5.41, 5.74) is 1.09. The van der Waals surface area contributed by atoms with E-state index in [1.807, 2.05) is 24.3 Å². The van der Waals surface area contributed by atoms with Gasteiger partial charge < -0.3 is 10.2 Å². The van der Waals surface area contributed by atoms with Gasteiger partial charge in [0.05, 0.1) is 12.5 Å². The van der Waals surface area contributed by atoms with Crippen molar-refractivity contribution in [3.63, 3.8) is 0 Å². The molecule has 1 fully saturated rings. The highest BCUT2D eigenvalue weighted by atomic mass is 79.9. The number of hydrogen-bond donors (Lipinski definition) is 1. The average Bonchev–Trinajstić information content (AvgIpc) is 3.45. The SMILES string of the molecule is CC(=O)NC(CC(=O)N(Cc1ccc(F)cc1F)C1CC1)c1ccc(Br)cc1. The Balaban J connectivity index is 1.77. The normalized spacial score (nSPS) is 14.4. The third-order valence-electron chi connectivity index (χ3n) is 4.69. The van der Waals surface area contributed by atoms with Gasteiger partial charge in [-0.15, -0.1) is 0 Å². The summed E-state index contributed by atoms with van der Waals surface area (Å²) < 4.78 is 28.1. The third-order valence-corrected chi connectivity index (χ3v) is 5.22. The number of hydrogen-bond acceptors (Lipinski definition) is 2. The molecule has 1 saturated carbocycles. The topological polar surface area (TPSA) is 49.4 Å². The number of nitrogens with zero attached hydrogens (tertiary/aromatic N) is 1. The second-order valence-electron chi connectivity index (χ2n) is 7.00. The van der Waals surface area contributed by atoms with Gasteiger partial charge in [-0.25, -0.2) is 8.78 Å². The van der Waals surface area contributed by atoms with Crippen LogP contribution in [0.1, 0.15) is 43.4 Å². The van der Waals surface area contributed by atoms with E-state index in [1.165, 1.54) is 19.1 Å². The van der Waals surface area contributed by atoms with Gasteiger partial charge in [0.2, 0.25) is 11.8 Å². The molecule has 3 rings (SSSR count). The van der Waals surface area contributed by atoms with Crippen LogP contribution in [-0.4, -0.2) is 22.8 Å². The molecule has 0 saturated heterocycles. The summed E-state index contributed by atoms with van der Waals surface area (Å²) in [7, 11) is 0. The molecule has 28 heavy (non-hydrogen) atoms. The Bertz CT molecular complexity index is 869. The van der Waals surface area contributed by atoms with Gasteiger partial charge in [0.1, 0.15) is 11.6 Å². The number of carbonyl (C=O) groups excluding carboxylic acids is 2. The highest BCUT2D eigenvalue weighted by Crippen LogP contribution is 2.31. The van der Waals surface area contributed by atoms with Gasteiger partial charge in [-0.2, -0.15) is 0 Å². The Hall–Kier alpha value is -2.28. The molecular weight excluding hydrogens is 430 g/mol. The summed E-state index contributed by atoms with van der Waals surface area (Å²) in [6, 6.07) is 10.4. The zero-order valence-corrected chi connectivity index (χ0v) is 17.0. The Morgan fingerprint density at radius 3 is 2.43 bits per heavy atom. The lowest BCUT2D eigenvalue weighted by Gasteiger charge is -2.26. The van der Waals surface area contributed by atoms with Crippen LogP contribution in [-0.2, 0) is 16.1 Å².